The molecule has 92 valence electrons. The van der Waals surface area contributed by atoms with Gasteiger partial charge < -0.3 is 15.0 Å². The molecule has 1 heterocycles. The Kier molecular flexibility index (Phi) is 3.68. The van der Waals surface area contributed by atoms with Crippen LogP contribution in [0.15, 0.2) is 23.6 Å². The fraction of sp³-hybridized carbons (Fsp3) is 0.500. The zero-order valence-electron chi connectivity index (χ0n) is 9.49. The largest absolute Gasteiger partial charge is 0.336 e. The van der Waals surface area contributed by atoms with Crippen molar-refractivity contribution in [3.8, 4) is 0 Å². The summed E-state index contributed by atoms with van der Waals surface area (Å²) in [5.41, 5.74) is 0.0373. The fourth-order valence-electron chi connectivity index (χ4n) is 2.02. The van der Waals surface area contributed by atoms with Crippen LogP contribution in [-0.2, 0) is 9.59 Å². The number of hydrogen-bond acceptors (Lipinski definition) is 3. The van der Waals surface area contributed by atoms with Gasteiger partial charge in [-0.05, 0) is 12.5 Å². The van der Waals surface area contributed by atoms with Crippen molar-refractivity contribution in [1.29, 1.82) is 0 Å². The average Bonchev–Trinajstić information content (AvgIpc) is 2.39. The summed E-state index contributed by atoms with van der Waals surface area (Å²) in [6, 6.07) is 0. The van der Waals surface area contributed by atoms with Gasteiger partial charge in [0.1, 0.15) is 12.1 Å². The summed E-state index contributed by atoms with van der Waals surface area (Å²) in [4.78, 5) is 24.4. The maximum Gasteiger partial charge on any atom is 0.256 e. The smallest absolute Gasteiger partial charge is 0.256 e. The van der Waals surface area contributed by atoms with Crippen molar-refractivity contribution in [1.82, 2.24) is 10.2 Å². The third-order valence-electron chi connectivity index (χ3n) is 3.02. The minimum atomic E-state index is -0.508. The van der Waals surface area contributed by atoms with Crippen molar-refractivity contribution >= 4 is 12.2 Å². The van der Waals surface area contributed by atoms with Gasteiger partial charge in [-0.25, -0.2) is 4.39 Å². The molecule has 2 rings (SSSR count). The Morgan fingerprint density at radius 3 is 2.82 bits per heavy atom. The molecule has 1 N–H and O–H groups in total. The van der Waals surface area contributed by atoms with E-state index in [9.17, 15) is 14.0 Å². The Morgan fingerprint density at radius 2 is 2.18 bits per heavy atom. The monoisotopic (exact) mass is 238 g/mol. The molecule has 1 aliphatic carbocycles. The normalized spacial score (nSPS) is 25.0. The highest BCUT2D eigenvalue weighted by Crippen LogP contribution is 2.24. The Labute approximate surface area is 99.2 Å². The molecule has 1 aliphatic heterocycles. The predicted octanol–water partition coefficient (Wildman–Crippen LogP) is 0.417. The molecule has 0 aromatic rings. The van der Waals surface area contributed by atoms with E-state index in [0.717, 1.165) is 19.4 Å². The standard InChI is InChI=1S/C12H15FN2O2/c13-11-2-1-9(8-16)7-10(11)12(17)15-5-3-14-4-6-15/h2,7-9,14H,1,3-6H2. The number of halogens is 1. The van der Waals surface area contributed by atoms with E-state index < -0.39 is 5.83 Å². The summed E-state index contributed by atoms with van der Waals surface area (Å²) >= 11 is 0. The van der Waals surface area contributed by atoms with E-state index in [1.165, 1.54) is 12.2 Å². The molecule has 0 aromatic heterocycles. The summed E-state index contributed by atoms with van der Waals surface area (Å²) < 4.78 is 13.6. The topological polar surface area (TPSA) is 49.4 Å². The first-order chi connectivity index (χ1) is 8.22. The Balaban J connectivity index is 2.13. The Bertz CT molecular complexity index is 384. The van der Waals surface area contributed by atoms with Gasteiger partial charge in [0.2, 0.25) is 0 Å². The minimum Gasteiger partial charge on any atom is -0.336 e. The van der Waals surface area contributed by atoms with Crippen LogP contribution in [0.1, 0.15) is 6.42 Å². The first kappa shape index (κ1) is 12.0. The third-order valence-corrected chi connectivity index (χ3v) is 3.02. The van der Waals surface area contributed by atoms with Gasteiger partial charge in [0.25, 0.3) is 5.91 Å². The summed E-state index contributed by atoms with van der Waals surface area (Å²) in [5, 5.41) is 3.13. The van der Waals surface area contributed by atoms with E-state index in [1.807, 2.05) is 0 Å². The van der Waals surface area contributed by atoms with E-state index >= 15 is 0 Å². The molecular weight excluding hydrogens is 223 g/mol. The Morgan fingerprint density at radius 1 is 1.47 bits per heavy atom. The van der Waals surface area contributed by atoms with Crippen LogP contribution in [0.4, 0.5) is 4.39 Å². The molecule has 1 fully saturated rings. The van der Waals surface area contributed by atoms with Gasteiger partial charge in [-0.1, -0.05) is 6.08 Å². The number of carbonyl (C=O) groups is 2. The van der Waals surface area contributed by atoms with Crippen LogP contribution >= 0.6 is 0 Å². The van der Waals surface area contributed by atoms with Gasteiger partial charge in [0.05, 0.1) is 5.57 Å². The molecule has 2 aliphatic rings. The van der Waals surface area contributed by atoms with Crippen LogP contribution in [0.3, 0.4) is 0 Å². The van der Waals surface area contributed by atoms with Crippen LogP contribution in [0, 0.1) is 5.92 Å². The number of nitrogens with zero attached hydrogens (tertiary/aromatic N) is 1. The highest BCUT2D eigenvalue weighted by Gasteiger charge is 2.26. The molecule has 0 aromatic carbocycles. The third kappa shape index (κ3) is 2.61. The van der Waals surface area contributed by atoms with Crippen molar-refractivity contribution in [2.45, 2.75) is 6.42 Å². The van der Waals surface area contributed by atoms with Crippen molar-refractivity contribution in [2.24, 2.45) is 5.92 Å². The number of allylic oxidation sites excluding steroid dienone is 2. The van der Waals surface area contributed by atoms with Crippen LogP contribution in [0.2, 0.25) is 0 Å². The fourth-order valence-corrected chi connectivity index (χ4v) is 2.02. The lowest BCUT2D eigenvalue weighted by atomic mass is 9.96. The number of nitrogens with one attached hydrogen (secondary N) is 1. The molecular formula is C12H15FN2O2. The first-order valence-electron chi connectivity index (χ1n) is 5.75. The second-order valence-corrected chi connectivity index (χ2v) is 4.21. The maximum absolute atomic E-state index is 13.6. The summed E-state index contributed by atoms with van der Waals surface area (Å²) in [5.74, 6) is -1.20. The Hall–Kier alpha value is -1.49. The lowest BCUT2D eigenvalue weighted by Gasteiger charge is -2.28. The van der Waals surface area contributed by atoms with E-state index in [2.05, 4.69) is 5.32 Å². The SMILES string of the molecule is O=CC1C=C(C(=O)N2CCNCC2)C(F)=CC1. The second-order valence-electron chi connectivity index (χ2n) is 4.21. The molecule has 1 atom stereocenters. The van der Waals surface area contributed by atoms with E-state index in [0.29, 0.717) is 19.5 Å². The van der Waals surface area contributed by atoms with Gasteiger partial charge >= 0.3 is 0 Å². The van der Waals surface area contributed by atoms with Crippen LogP contribution in [0.5, 0.6) is 0 Å². The summed E-state index contributed by atoms with van der Waals surface area (Å²) in [6.45, 7) is 2.60. The van der Waals surface area contributed by atoms with Crippen molar-refractivity contribution < 1.29 is 14.0 Å². The first-order valence-corrected chi connectivity index (χ1v) is 5.75. The number of piperazine rings is 1. The average molecular weight is 238 g/mol. The van der Waals surface area contributed by atoms with Gasteiger partial charge in [0, 0.05) is 32.1 Å². The zero-order chi connectivity index (χ0) is 12.3. The van der Waals surface area contributed by atoms with Crippen LogP contribution in [0.25, 0.3) is 0 Å². The molecule has 17 heavy (non-hydrogen) atoms. The number of aldehydes is 1. The van der Waals surface area contributed by atoms with Gasteiger partial charge in [-0.15, -0.1) is 0 Å². The van der Waals surface area contributed by atoms with E-state index in [-0.39, 0.29) is 17.4 Å². The lowest BCUT2D eigenvalue weighted by molar-refractivity contribution is -0.127. The lowest BCUT2D eigenvalue weighted by Crippen LogP contribution is -2.47. The van der Waals surface area contributed by atoms with Gasteiger partial charge in [0.15, 0.2) is 0 Å². The quantitative estimate of drug-likeness (QED) is 0.709. The van der Waals surface area contributed by atoms with Gasteiger partial charge in [-0.3, -0.25) is 4.79 Å². The molecule has 0 bridgehead atoms. The van der Waals surface area contributed by atoms with Crippen LogP contribution < -0.4 is 5.32 Å². The minimum absolute atomic E-state index is 0.0373. The number of amides is 1. The molecule has 5 heteroatoms. The van der Waals surface area contributed by atoms with Crippen molar-refractivity contribution in [2.75, 3.05) is 26.2 Å². The number of carbonyl (C=O) groups excluding carboxylic acids is 2. The summed E-state index contributed by atoms with van der Waals surface area (Å²) in [7, 11) is 0. The molecule has 1 unspecified atom stereocenters. The maximum atomic E-state index is 13.6. The molecule has 0 saturated carbocycles. The molecule has 0 spiro atoms. The predicted molar refractivity (Wildman–Crippen MR) is 60.9 cm³/mol. The second kappa shape index (κ2) is 5.23. The van der Waals surface area contributed by atoms with E-state index in [4.69, 9.17) is 0 Å². The highest BCUT2D eigenvalue weighted by molar-refractivity contribution is 5.98. The molecule has 1 amide bonds. The summed E-state index contributed by atoms with van der Waals surface area (Å²) in [6.07, 6.45) is 3.84. The van der Waals surface area contributed by atoms with Crippen molar-refractivity contribution in [3.63, 3.8) is 0 Å². The van der Waals surface area contributed by atoms with Crippen molar-refractivity contribution in [3.05, 3.63) is 23.6 Å². The number of rotatable bonds is 2. The van der Waals surface area contributed by atoms with Crippen LogP contribution in [-0.4, -0.2) is 43.3 Å². The molecule has 0 radical (unpaired) electrons. The molecule has 4 nitrogen and oxygen atoms in total. The highest BCUT2D eigenvalue weighted by atomic mass is 19.1. The molecule has 1 saturated heterocycles. The van der Waals surface area contributed by atoms with Gasteiger partial charge in [-0.2, -0.15) is 0 Å². The zero-order valence-corrected chi connectivity index (χ0v) is 9.49. The van der Waals surface area contributed by atoms with E-state index in [1.54, 1.807) is 4.90 Å². The number of hydrogen-bond donors (Lipinski definition) is 1.